The molecule has 1 fully saturated rings. The normalized spacial score (nSPS) is 15.4. The molecule has 0 bridgehead atoms. The van der Waals surface area contributed by atoms with Gasteiger partial charge in [-0.3, -0.25) is 15.1 Å². The lowest BCUT2D eigenvalue weighted by molar-refractivity contribution is 0.453. The van der Waals surface area contributed by atoms with E-state index in [4.69, 9.17) is 4.98 Å². The third-order valence-electron chi connectivity index (χ3n) is 5.68. The second kappa shape index (κ2) is 6.96. The van der Waals surface area contributed by atoms with E-state index in [-0.39, 0.29) is 5.13 Å². The molecule has 150 valence electrons. The summed E-state index contributed by atoms with van der Waals surface area (Å²) in [6, 6.07) is 5.35. The molecule has 0 radical (unpaired) electrons. The number of thiophene rings is 1. The first-order chi connectivity index (χ1) is 14.8. The van der Waals surface area contributed by atoms with E-state index in [9.17, 15) is 4.39 Å². The average molecular weight is 419 g/mol. The van der Waals surface area contributed by atoms with Crippen LogP contribution < -0.4 is 5.32 Å². The van der Waals surface area contributed by atoms with Crippen molar-refractivity contribution in [3.8, 4) is 22.0 Å². The standard InChI is InChI=1S/C21H18FN7S/c22-18-2-1-17(30-18)13-8-24-9-16-19(13)27-21(26-16)20-12-7-14(11-3-5-23-6-4-11)25-10-15(12)28-29-20/h1-2,7-11,23H,3-6H2,(H,26,27)(H,28,29). The molecule has 30 heavy (non-hydrogen) atoms. The van der Waals surface area contributed by atoms with Gasteiger partial charge in [0, 0.05) is 33.6 Å². The average Bonchev–Trinajstić information content (AvgIpc) is 3.51. The van der Waals surface area contributed by atoms with Crippen molar-refractivity contribution in [2.45, 2.75) is 18.8 Å². The Hall–Kier alpha value is -3.17. The van der Waals surface area contributed by atoms with Crippen LogP contribution in [0.3, 0.4) is 0 Å². The van der Waals surface area contributed by atoms with E-state index < -0.39 is 0 Å². The summed E-state index contributed by atoms with van der Waals surface area (Å²) in [6.07, 6.45) is 7.48. The van der Waals surface area contributed by atoms with Crippen molar-refractivity contribution < 1.29 is 4.39 Å². The molecular weight excluding hydrogens is 401 g/mol. The van der Waals surface area contributed by atoms with Crippen LogP contribution in [-0.4, -0.2) is 43.2 Å². The predicted molar refractivity (Wildman–Crippen MR) is 115 cm³/mol. The minimum Gasteiger partial charge on any atom is -0.335 e. The van der Waals surface area contributed by atoms with E-state index in [0.29, 0.717) is 11.7 Å². The van der Waals surface area contributed by atoms with E-state index in [1.165, 1.54) is 6.07 Å². The Morgan fingerprint density at radius 3 is 2.80 bits per heavy atom. The molecule has 1 saturated heterocycles. The molecule has 5 aromatic heterocycles. The van der Waals surface area contributed by atoms with Crippen molar-refractivity contribution in [3.05, 3.63) is 47.6 Å². The van der Waals surface area contributed by atoms with Crippen LogP contribution in [-0.2, 0) is 0 Å². The molecule has 0 unspecified atom stereocenters. The Morgan fingerprint density at radius 1 is 1.07 bits per heavy atom. The van der Waals surface area contributed by atoms with Gasteiger partial charge in [0.2, 0.25) is 0 Å². The number of halogens is 1. The van der Waals surface area contributed by atoms with Gasteiger partial charge in [0.1, 0.15) is 11.2 Å². The molecule has 7 nitrogen and oxygen atoms in total. The van der Waals surface area contributed by atoms with E-state index in [0.717, 1.165) is 81.0 Å². The fourth-order valence-electron chi connectivity index (χ4n) is 4.14. The van der Waals surface area contributed by atoms with Crippen LogP contribution in [0.5, 0.6) is 0 Å². The minimum atomic E-state index is -0.228. The highest BCUT2D eigenvalue weighted by atomic mass is 32.1. The number of fused-ring (bicyclic) bond motifs is 2. The lowest BCUT2D eigenvalue weighted by Gasteiger charge is -2.21. The van der Waals surface area contributed by atoms with Crippen LogP contribution in [0.2, 0.25) is 0 Å². The highest BCUT2D eigenvalue weighted by molar-refractivity contribution is 7.14. The SMILES string of the molecule is Fc1ccc(-c2cncc3[nH]c(-c4n[nH]c5cnc(C6CCNCC6)cc45)nc23)s1. The summed E-state index contributed by atoms with van der Waals surface area (Å²) in [5.74, 6) is 1.11. The number of H-pyrrole nitrogens is 2. The summed E-state index contributed by atoms with van der Waals surface area (Å²) in [5, 5.41) is 11.7. The van der Waals surface area contributed by atoms with Gasteiger partial charge in [0.05, 0.1) is 23.4 Å². The van der Waals surface area contributed by atoms with Crippen LogP contribution in [0.15, 0.2) is 36.8 Å². The zero-order valence-corrected chi connectivity index (χ0v) is 16.8. The summed E-state index contributed by atoms with van der Waals surface area (Å²) in [5.41, 5.74) is 5.08. The molecule has 0 spiro atoms. The molecule has 5 aromatic rings. The summed E-state index contributed by atoms with van der Waals surface area (Å²) in [6.45, 7) is 2.04. The maximum atomic E-state index is 13.6. The number of aromatic amines is 2. The van der Waals surface area contributed by atoms with E-state index in [1.807, 2.05) is 6.20 Å². The summed E-state index contributed by atoms with van der Waals surface area (Å²) >= 11 is 1.09. The molecule has 0 aromatic carbocycles. The van der Waals surface area contributed by atoms with Crippen LogP contribution in [0.25, 0.3) is 43.9 Å². The van der Waals surface area contributed by atoms with Gasteiger partial charge in [-0.2, -0.15) is 9.49 Å². The van der Waals surface area contributed by atoms with Gasteiger partial charge in [-0.05, 0) is 44.1 Å². The third-order valence-corrected chi connectivity index (χ3v) is 6.59. The largest absolute Gasteiger partial charge is 0.335 e. The fourth-order valence-corrected chi connectivity index (χ4v) is 4.88. The van der Waals surface area contributed by atoms with Crippen molar-refractivity contribution in [1.29, 1.82) is 0 Å². The Morgan fingerprint density at radius 2 is 1.97 bits per heavy atom. The number of nitrogens with zero attached hydrogens (tertiary/aromatic N) is 4. The minimum absolute atomic E-state index is 0.228. The summed E-state index contributed by atoms with van der Waals surface area (Å²) in [4.78, 5) is 17.9. The topological polar surface area (TPSA) is 95.2 Å². The highest BCUT2D eigenvalue weighted by Gasteiger charge is 2.20. The van der Waals surface area contributed by atoms with Crippen molar-refractivity contribution in [2.75, 3.05) is 13.1 Å². The lowest BCUT2D eigenvalue weighted by atomic mass is 9.93. The Balaban J connectivity index is 1.47. The zero-order valence-electron chi connectivity index (χ0n) is 15.9. The number of aromatic nitrogens is 6. The summed E-state index contributed by atoms with van der Waals surface area (Å²) < 4.78 is 13.6. The Kier molecular flexibility index (Phi) is 4.10. The molecule has 0 aliphatic carbocycles. The maximum Gasteiger partial charge on any atom is 0.176 e. The summed E-state index contributed by atoms with van der Waals surface area (Å²) in [7, 11) is 0. The number of imidazole rings is 1. The molecule has 0 atom stereocenters. The van der Waals surface area contributed by atoms with Crippen molar-refractivity contribution in [1.82, 2.24) is 35.5 Å². The van der Waals surface area contributed by atoms with Crippen molar-refractivity contribution >= 4 is 33.3 Å². The van der Waals surface area contributed by atoms with Crippen molar-refractivity contribution in [3.63, 3.8) is 0 Å². The van der Waals surface area contributed by atoms with E-state index in [1.54, 1.807) is 18.5 Å². The lowest BCUT2D eigenvalue weighted by Crippen LogP contribution is -2.27. The van der Waals surface area contributed by atoms with Gasteiger partial charge < -0.3 is 10.3 Å². The van der Waals surface area contributed by atoms with Gasteiger partial charge >= 0.3 is 0 Å². The number of hydrogen-bond acceptors (Lipinski definition) is 6. The Bertz CT molecular complexity index is 1360. The maximum absolute atomic E-state index is 13.6. The van der Waals surface area contributed by atoms with Crippen LogP contribution in [0, 0.1) is 5.13 Å². The quantitative estimate of drug-likeness (QED) is 0.407. The molecule has 9 heteroatoms. The first-order valence-electron chi connectivity index (χ1n) is 9.91. The first kappa shape index (κ1) is 17.7. The van der Waals surface area contributed by atoms with Crippen LogP contribution >= 0.6 is 11.3 Å². The molecule has 3 N–H and O–H groups in total. The predicted octanol–water partition coefficient (Wildman–Crippen LogP) is 4.23. The van der Waals surface area contributed by atoms with Gasteiger partial charge in [-0.1, -0.05) is 0 Å². The number of pyridine rings is 2. The van der Waals surface area contributed by atoms with E-state index in [2.05, 4.69) is 36.5 Å². The van der Waals surface area contributed by atoms with E-state index >= 15 is 0 Å². The molecule has 0 amide bonds. The zero-order chi connectivity index (χ0) is 20.1. The van der Waals surface area contributed by atoms with Gasteiger partial charge in [0.15, 0.2) is 11.0 Å². The van der Waals surface area contributed by atoms with Crippen molar-refractivity contribution in [2.24, 2.45) is 0 Å². The number of rotatable bonds is 3. The Labute approximate surface area is 174 Å². The monoisotopic (exact) mass is 419 g/mol. The fraction of sp³-hybridized carbons (Fsp3) is 0.238. The van der Waals surface area contributed by atoms with Gasteiger partial charge in [0.25, 0.3) is 0 Å². The van der Waals surface area contributed by atoms with Crippen LogP contribution in [0.1, 0.15) is 24.5 Å². The highest BCUT2D eigenvalue weighted by Crippen LogP contribution is 2.34. The number of nitrogens with one attached hydrogen (secondary N) is 3. The second-order valence-electron chi connectivity index (χ2n) is 7.52. The molecular formula is C21H18FN7S. The number of hydrogen-bond donors (Lipinski definition) is 3. The number of piperidine rings is 1. The third kappa shape index (κ3) is 2.89. The second-order valence-corrected chi connectivity index (χ2v) is 8.56. The molecule has 6 rings (SSSR count). The first-order valence-corrected chi connectivity index (χ1v) is 10.7. The van der Waals surface area contributed by atoms with Crippen LogP contribution in [0.4, 0.5) is 4.39 Å². The van der Waals surface area contributed by atoms with Gasteiger partial charge in [-0.15, -0.1) is 11.3 Å². The molecule has 1 aliphatic heterocycles. The molecule has 1 aliphatic rings. The molecule has 6 heterocycles. The van der Waals surface area contributed by atoms with Gasteiger partial charge in [-0.25, -0.2) is 4.98 Å². The smallest absolute Gasteiger partial charge is 0.176 e. The molecule has 0 saturated carbocycles.